The summed E-state index contributed by atoms with van der Waals surface area (Å²) >= 11 is 5.87. The zero-order valence-corrected chi connectivity index (χ0v) is 16.5. The minimum atomic E-state index is -0.747. The molecule has 2 amide bonds. The Morgan fingerprint density at radius 3 is 2.31 bits per heavy atom. The molecule has 0 unspecified atom stereocenters. The molecule has 29 heavy (non-hydrogen) atoms. The van der Waals surface area contributed by atoms with Gasteiger partial charge in [0, 0.05) is 10.7 Å². The van der Waals surface area contributed by atoms with Crippen LogP contribution in [0, 0.1) is 6.92 Å². The number of hydrazine groups is 1. The minimum Gasteiger partial charge on any atom is -0.496 e. The second kappa shape index (κ2) is 8.62. The zero-order valence-electron chi connectivity index (χ0n) is 15.7. The molecule has 0 aliphatic rings. The maximum absolute atomic E-state index is 12.3. The molecule has 0 fully saturated rings. The van der Waals surface area contributed by atoms with Crippen molar-refractivity contribution in [3.05, 3.63) is 86.7 Å². The second-order valence-corrected chi connectivity index (χ2v) is 6.67. The fourth-order valence-electron chi connectivity index (χ4n) is 2.73. The third-order valence-electron chi connectivity index (χ3n) is 4.18. The third kappa shape index (κ3) is 4.64. The number of aromatic amines is 1. The van der Waals surface area contributed by atoms with Crippen LogP contribution in [-0.2, 0) is 0 Å². The van der Waals surface area contributed by atoms with Crippen molar-refractivity contribution in [2.24, 2.45) is 0 Å². The van der Waals surface area contributed by atoms with Gasteiger partial charge in [-0.25, -0.2) is 0 Å². The van der Waals surface area contributed by atoms with Crippen LogP contribution < -0.4 is 21.1 Å². The molecule has 0 saturated carbocycles. The average molecular weight is 412 g/mol. The molecule has 2 aromatic carbocycles. The number of ether oxygens (including phenoxy) is 1. The van der Waals surface area contributed by atoms with E-state index in [1.165, 1.54) is 31.4 Å². The first kappa shape index (κ1) is 20.2. The molecule has 148 valence electrons. The molecule has 0 atom stereocenters. The zero-order chi connectivity index (χ0) is 21.0. The van der Waals surface area contributed by atoms with Crippen molar-refractivity contribution in [1.82, 2.24) is 15.8 Å². The highest BCUT2D eigenvalue weighted by atomic mass is 35.5. The standard InChI is InChI=1S/C21H18ClN3O4/c1-12-4-3-5-13(10-12)17-9-8-16(19(26)23-17)21(28)25-24-20(27)15-7-6-14(22)11-18(15)29-2/h3-11H,1-2H3,(H,23,26)(H,24,27)(H,25,28). The van der Waals surface area contributed by atoms with E-state index in [1.807, 2.05) is 31.2 Å². The highest BCUT2D eigenvalue weighted by Gasteiger charge is 2.16. The van der Waals surface area contributed by atoms with Gasteiger partial charge in [-0.2, -0.15) is 0 Å². The quantitative estimate of drug-likeness (QED) is 0.574. The Kier molecular flexibility index (Phi) is 5.99. The Balaban J connectivity index is 1.73. The Labute approximate surface area is 171 Å². The fraction of sp³-hybridized carbons (Fsp3) is 0.0952. The molecular formula is C21H18ClN3O4. The van der Waals surface area contributed by atoms with Crippen molar-refractivity contribution in [3.8, 4) is 17.0 Å². The first-order valence-electron chi connectivity index (χ1n) is 8.63. The summed E-state index contributed by atoms with van der Waals surface area (Å²) in [4.78, 5) is 39.6. The lowest BCUT2D eigenvalue weighted by molar-refractivity contribution is 0.0844. The molecule has 3 N–H and O–H groups in total. The highest BCUT2D eigenvalue weighted by molar-refractivity contribution is 6.30. The number of amides is 2. The van der Waals surface area contributed by atoms with Crippen molar-refractivity contribution in [3.63, 3.8) is 0 Å². The topological polar surface area (TPSA) is 100 Å². The maximum atomic E-state index is 12.3. The van der Waals surface area contributed by atoms with Crippen molar-refractivity contribution in [2.75, 3.05) is 7.11 Å². The molecule has 3 aromatic rings. The molecule has 1 aromatic heterocycles. The molecule has 7 nitrogen and oxygen atoms in total. The lowest BCUT2D eigenvalue weighted by Gasteiger charge is -2.11. The van der Waals surface area contributed by atoms with Gasteiger partial charge in [-0.05, 0) is 48.9 Å². The SMILES string of the molecule is COc1cc(Cl)ccc1C(=O)NNC(=O)c1ccc(-c2cccc(C)c2)[nH]c1=O. The van der Waals surface area contributed by atoms with Crippen LogP contribution in [0.15, 0.2) is 59.4 Å². The summed E-state index contributed by atoms with van der Waals surface area (Å²) < 4.78 is 5.11. The normalized spacial score (nSPS) is 10.3. The van der Waals surface area contributed by atoms with Crippen LogP contribution in [0.2, 0.25) is 5.02 Å². The van der Waals surface area contributed by atoms with Crippen LogP contribution in [0.25, 0.3) is 11.3 Å². The van der Waals surface area contributed by atoms with E-state index >= 15 is 0 Å². The first-order valence-corrected chi connectivity index (χ1v) is 9.01. The minimum absolute atomic E-state index is 0.134. The maximum Gasteiger partial charge on any atom is 0.275 e. The van der Waals surface area contributed by atoms with Gasteiger partial charge in [0.2, 0.25) is 0 Å². The van der Waals surface area contributed by atoms with Gasteiger partial charge in [-0.15, -0.1) is 0 Å². The number of methoxy groups -OCH3 is 1. The van der Waals surface area contributed by atoms with Gasteiger partial charge in [-0.1, -0.05) is 35.4 Å². The van der Waals surface area contributed by atoms with Crippen LogP contribution in [0.1, 0.15) is 26.3 Å². The Morgan fingerprint density at radius 1 is 0.966 bits per heavy atom. The number of aryl methyl sites for hydroxylation is 1. The lowest BCUT2D eigenvalue weighted by atomic mass is 10.1. The summed E-state index contributed by atoms with van der Waals surface area (Å²) in [5.74, 6) is -1.10. The van der Waals surface area contributed by atoms with E-state index in [4.69, 9.17) is 16.3 Å². The molecule has 8 heteroatoms. The van der Waals surface area contributed by atoms with Crippen LogP contribution in [0.4, 0.5) is 0 Å². The molecule has 0 spiro atoms. The number of halogens is 1. The summed E-state index contributed by atoms with van der Waals surface area (Å²) in [7, 11) is 1.40. The molecule has 0 bridgehead atoms. The number of benzene rings is 2. The van der Waals surface area contributed by atoms with Gasteiger partial charge in [-0.3, -0.25) is 25.2 Å². The number of pyridine rings is 1. The number of hydrogen-bond donors (Lipinski definition) is 3. The van der Waals surface area contributed by atoms with E-state index in [0.29, 0.717) is 10.7 Å². The van der Waals surface area contributed by atoms with Crippen molar-refractivity contribution < 1.29 is 14.3 Å². The third-order valence-corrected chi connectivity index (χ3v) is 4.42. The average Bonchev–Trinajstić information content (AvgIpc) is 2.71. The highest BCUT2D eigenvalue weighted by Crippen LogP contribution is 2.22. The number of H-pyrrole nitrogens is 1. The van der Waals surface area contributed by atoms with E-state index in [2.05, 4.69) is 15.8 Å². The Morgan fingerprint density at radius 2 is 1.66 bits per heavy atom. The monoisotopic (exact) mass is 411 g/mol. The van der Waals surface area contributed by atoms with E-state index in [9.17, 15) is 14.4 Å². The molecule has 3 rings (SSSR count). The Bertz CT molecular complexity index is 1140. The summed E-state index contributed by atoms with van der Waals surface area (Å²) in [5, 5.41) is 0.405. The van der Waals surface area contributed by atoms with Crippen molar-refractivity contribution in [1.29, 1.82) is 0 Å². The molecule has 0 radical (unpaired) electrons. The number of carbonyl (C=O) groups excluding carboxylic acids is 2. The Hall–Kier alpha value is -3.58. The van der Waals surface area contributed by atoms with Crippen LogP contribution in [0.5, 0.6) is 5.75 Å². The lowest BCUT2D eigenvalue weighted by Crippen LogP contribution is -2.43. The number of carbonyl (C=O) groups is 2. The summed E-state index contributed by atoms with van der Waals surface area (Å²) in [5.41, 5.74) is 6.43. The van der Waals surface area contributed by atoms with Gasteiger partial charge in [0.1, 0.15) is 11.3 Å². The van der Waals surface area contributed by atoms with Crippen LogP contribution >= 0.6 is 11.6 Å². The van der Waals surface area contributed by atoms with Gasteiger partial charge >= 0.3 is 0 Å². The largest absolute Gasteiger partial charge is 0.496 e. The summed E-state index contributed by atoms with van der Waals surface area (Å²) in [6.07, 6.45) is 0. The van der Waals surface area contributed by atoms with E-state index in [0.717, 1.165) is 11.1 Å². The second-order valence-electron chi connectivity index (χ2n) is 6.24. The van der Waals surface area contributed by atoms with Crippen molar-refractivity contribution in [2.45, 2.75) is 6.92 Å². The summed E-state index contributed by atoms with van der Waals surface area (Å²) in [6, 6.07) is 15.1. The predicted octanol–water partition coefficient (Wildman–Crippen LogP) is 3.09. The molecule has 0 saturated heterocycles. The predicted molar refractivity (Wildman–Crippen MR) is 110 cm³/mol. The van der Waals surface area contributed by atoms with E-state index in [-0.39, 0.29) is 16.9 Å². The number of aromatic nitrogens is 1. The molecule has 0 aliphatic carbocycles. The van der Waals surface area contributed by atoms with E-state index in [1.54, 1.807) is 6.07 Å². The number of hydrogen-bond acceptors (Lipinski definition) is 4. The van der Waals surface area contributed by atoms with Gasteiger partial charge < -0.3 is 9.72 Å². The molecule has 1 heterocycles. The molecule has 0 aliphatic heterocycles. The van der Waals surface area contributed by atoms with Crippen LogP contribution in [0.3, 0.4) is 0 Å². The van der Waals surface area contributed by atoms with Gasteiger partial charge in [0.25, 0.3) is 17.4 Å². The van der Waals surface area contributed by atoms with E-state index < -0.39 is 17.4 Å². The van der Waals surface area contributed by atoms with Gasteiger partial charge in [0.15, 0.2) is 0 Å². The fourth-order valence-corrected chi connectivity index (χ4v) is 2.90. The van der Waals surface area contributed by atoms with Gasteiger partial charge in [0.05, 0.1) is 12.7 Å². The molecular weight excluding hydrogens is 394 g/mol. The van der Waals surface area contributed by atoms with Crippen LogP contribution in [-0.4, -0.2) is 23.9 Å². The first-order chi connectivity index (χ1) is 13.9. The smallest absolute Gasteiger partial charge is 0.275 e. The number of rotatable bonds is 4. The summed E-state index contributed by atoms with van der Waals surface area (Å²) in [6.45, 7) is 1.95. The van der Waals surface area contributed by atoms with Crippen molar-refractivity contribution >= 4 is 23.4 Å². The number of nitrogens with one attached hydrogen (secondary N) is 3.